The molecule has 1 aliphatic heterocycles. The highest BCUT2D eigenvalue weighted by Gasteiger charge is 2.37. The van der Waals surface area contributed by atoms with Crippen LogP contribution in [0.25, 0.3) is 0 Å². The van der Waals surface area contributed by atoms with E-state index in [9.17, 15) is 13.2 Å². The van der Waals surface area contributed by atoms with Gasteiger partial charge in [0.1, 0.15) is 11.6 Å². The zero-order valence-electron chi connectivity index (χ0n) is 13.4. The van der Waals surface area contributed by atoms with Gasteiger partial charge in [0.15, 0.2) is 0 Å². The Kier molecular flexibility index (Phi) is 4.64. The highest BCUT2D eigenvalue weighted by Crippen LogP contribution is 2.41. The van der Waals surface area contributed by atoms with Crippen LogP contribution in [0.2, 0.25) is 0 Å². The summed E-state index contributed by atoms with van der Waals surface area (Å²) in [5.41, 5.74) is 0.305. The highest BCUT2D eigenvalue weighted by molar-refractivity contribution is 5.51. The molecule has 1 fully saturated rings. The van der Waals surface area contributed by atoms with Crippen molar-refractivity contribution < 1.29 is 17.9 Å². The molecule has 1 aliphatic rings. The van der Waals surface area contributed by atoms with Crippen LogP contribution in [0.3, 0.4) is 0 Å². The minimum Gasteiger partial charge on any atom is -0.497 e. The molecule has 6 heteroatoms. The molecule has 24 heavy (non-hydrogen) atoms. The van der Waals surface area contributed by atoms with Crippen molar-refractivity contribution in [2.75, 3.05) is 18.6 Å². The molecule has 3 nitrogen and oxygen atoms in total. The molecule has 2 heterocycles. The zero-order valence-corrected chi connectivity index (χ0v) is 13.4. The number of methoxy groups -OCH3 is 1. The van der Waals surface area contributed by atoms with E-state index in [1.807, 2.05) is 24.3 Å². The minimum absolute atomic E-state index is 0.0190. The molecule has 1 aromatic heterocycles. The van der Waals surface area contributed by atoms with Crippen LogP contribution >= 0.6 is 0 Å². The number of nitrogens with zero attached hydrogens (tertiary/aromatic N) is 2. The molecule has 0 saturated carbocycles. The predicted molar refractivity (Wildman–Crippen MR) is 86.2 cm³/mol. The lowest BCUT2D eigenvalue weighted by Gasteiger charge is -2.38. The Morgan fingerprint density at radius 3 is 2.54 bits per heavy atom. The normalized spacial score (nSPS) is 18.5. The summed E-state index contributed by atoms with van der Waals surface area (Å²) in [5, 5.41) is 0. The third-order valence-electron chi connectivity index (χ3n) is 4.37. The lowest BCUT2D eigenvalue weighted by molar-refractivity contribution is -0.137. The van der Waals surface area contributed by atoms with E-state index in [2.05, 4.69) is 4.98 Å². The lowest BCUT2D eigenvalue weighted by atomic mass is 9.94. The molecule has 128 valence electrons. The van der Waals surface area contributed by atoms with Gasteiger partial charge in [-0.1, -0.05) is 12.1 Å². The maximum atomic E-state index is 13.3. The number of piperidine rings is 1. The smallest absolute Gasteiger partial charge is 0.419 e. The summed E-state index contributed by atoms with van der Waals surface area (Å²) in [7, 11) is 1.59. The van der Waals surface area contributed by atoms with Gasteiger partial charge in [-0.25, -0.2) is 4.98 Å². The maximum Gasteiger partial charge on any atom is 0.419 e. The quantitative estimate of drug-likeness (QED) is 0.802. The molecular weight excluding hydrogens is 317 g/mol. The third-order valence-corrected chi connectivity index (χ3v) is 4.37. The standard InChI is InChI=1S/C18H19F3N2O/c1-24-14-9-7-13(8-10-14)16-6-2-3-12-23(16)17-15(18(19,20)21)5-4-11-22-17/h4-5,7-11,16H,2-3,6,12H2,1H3. The Morgan fingerprint density at radius 2 is 1.88 bits per heavy atom. The number of alkyl halides is 3. The predicted octanol–water partition coefficient (Wildman–Crippen LogP) is 4.84. The topological polar surface area (TPSA) is 25.4 Å². The van der Waals surface area contributed by atoms with Crippen molar-refractivity contribution in [3.8, 4) is 5.75 Å². The van der Waals surface area contributed by atoms with Crippen LogP contribution in [0, 0.1) is 0 Å². The molecule has 1 saturated heterocycles. The Bertz CT molecular complexity index is 685. The number of rotatable bonds is 3. The van der Waals surface area contributed by atoms with E-state index in [1.54, 1.807) is 12.0 Å². The van der Waals surface area contributed by atoms with E-state index >= 15 is 0 Å². The van der Waals surface area contributed by atoms with E-state index in [0.717, 1.165) is 36.6 Å². The van der Waals surface area contributed by atoms with Gasteiger partial charge in [0, 0.05) is 12.7 Å². The van der Waals surface area contributed by atoms with Crippen molar-refractivity contribution in [3.63, 3.8) is 0 Å². The van der Waals surface area contributed by atoms with Gasteiger partial charge < -0.3 is 9.64 Å². The summed E-state index contributed by atoms with van der Waals surface area (Å²) in [4.78, 5) is 5.85. The van der Waals surface area contributed by atoms with Crippen LogP contribution in [-0.2, 0) is 6.18 Å². The van der Waals surface area contributed by atoms with Crippen LogP contribution in [0.4, 0.5) is 19.0 Å². The lowest BCUT2D eigenvalue weighted by Crippen LogP contribution is -2.35. The molecule has 0 spiro atoms. The first-order valence-electron chi connectivity index (χ1n) is 7.93. The van der Waals surface area contributed by atoms with Gasteiger partial charge in [-0.15, -0.1) is 0 Å². The Hall–Kier alpha value is -2.24. The van der Waals surface area contributed by atoms with Crippen molar-refractivity contribution in [1.82, 2.24) is 4.98 Å². The third kappa shape index (κ3) is 3.32. The van der Waals surface area contributed by atoms with Crippen LogP contribution < -0.4 is 9.64 Å². The Balaban J connectivity index is 1.98. The molecule has 1 unspecified atom stereocenters. The van der Waals surface area contributed by atoms with Gasteiger partial charge in [0.25, 0.3) is 0 Å². The van der Waals surface area contributed by atoms with Crippen molar-refractivity contribution in [2.24, 2.45) is 0 Å². The number of benzene rings is 1. The molecule has 0 N–H and O–H groups in total. The first-order chi connectivity index (χ1) is 11.5. The highest BCUT2D eigenvalue weighted by atomic mass is 19.4. The fourth-order valence-electron chi connectivity index (χ4n) is 3.20. The van der Waals surface area contributed by atoms with E-state index in [1.165, 1.54) is 12.3 Å². The molecule has 0 aliphatic carbocycles. The fourth-order valence-corrected chi connectivity index (χ4v) is 3.20. The summed E-state index contributed by atoms with van der Waals surface area (Å²) >= 11 is 0. The zero-order chi connectivity index (χ0) is 17.2. The van der Waals surface area contributed by atoms with Crippen LogP contribution in [0.15, 0.2) is 42.6 Å². The number of pyridine rings is 1. The first-order valence-corrected chi connectivity index (χ1v) is 7.93. The fraction of sp³-hybridized carbons (Fsp3) is 0.389. The number of aromatic nitrogens is 1. The second-order valence-corrected chi connectivity index (χ2v) is 5.85. The van der Waals surface area contributed by atoms with Gasteiger partial charge in [0.05, 0.1) is 18.7 Å². The van der Waals surface area contributed by atoms with Gasteiger partial charge in [-0.3, -0.25) is 0 Å². The van der Waals surface area contributed by atoms with Crippen molar-refractivity contribution in [2.45, 2.75) is 31.5 Å². The average Bonchev–Trinajstić information content (AvgIpc) is 2.61. The summed E-state index contributed by atoms with van der Waals surface area (Å²) < 4.78 is 45.2. The Morgan fingerprint density at radius 1 is 1.12 bits per heavy atom. The van der Waals surface area contributed by atoms with Gasteiger partial charge in [0.2, 0.25) is 0 Å². The second kappa shape index (κ2) is 6.71. The van der Waals surface area contributed by atoms with Crippen molar-refractivity contribution in [3.05, 3.63) is 53.7 Å². The van der Waals surface area contributed by atoms with Crippen molar-refractivity contribution in [1.29, 1.82) is 0 Å². The molecule has 3 rings (SSSR count). The number of anilines is 1. The first kappa shape index (κ1) is 16.6. The molecule has 2 aromatic rings. The monoisotopic (exact) mass is 336 g/mol. The minimum atomic E-state index is -4.41. The van der Waals surface area contributed by atoms with E-state index in [0.29, 0.717) is 6.54 Å². The molecule has 1 atom stereocenters. The van der Waals surface area contributed by atoms with Crippen LogP contribution in [0.1, 0.15) is 36.4 Å². The largest absolute Gasteiger partial charge is 0.497 e. The summed E-state index contributed by atoms with van der Waals surface area (Å²) in [6, 6.07) is 9.83. The summed E-state index contributed by atoms with van der Waals surface area (Å²) in [5.74, 6) is 0.750. The van der Waals surface area contributed by atoms with Crippen LogP contribution in [0.5, 0.6) is 5.75 Å². The molecule has 0 radical (unpaired) electrons. The van der Waals surface area contributed by atoms with Gasteiger partial charge in [-0.05, 0) is 49.1 Å². The van der Waals surface area contributed by atoms with E-state index < -0.39 is 11.7 Å². The number of hydrogen-bond donors (Lipinski definition) is 0. The molecular formula is C18H19F3N2O. The van der Waals surface area contributed by atoms with Gasteiger partial charge in [-0.2, -0.15) is 13.2 Å². The molecule has 1 aromatic carbocycles. The molecule has 0 amide bonds. The van der Waals surface area contributed by atoms with E-state index in [-0.39, 0.29) is 11.9 Å². The van der Waals surface area contributed by atoms with Crippen molar-refractivity contribution >= 4 is 5.82 Å². The van der Waals surface area contributed by atoms with E-state index in [4.69, 9.17) is 4.74 Å². The summed E-state index contributed by atoms with van der Waals surface area (Å²) in [6.07, 6.45) is -0.335. The maximum absolute atomic E-state index is 13.3. The number of ether oxygens (including phenoxy) is 1. The SMILES string of the molecule is COc1ccc(C2CCCCN2c2ncccc2C(F)(F)F)cc1. The number of halogens is 3. The van der Waals surface area contributed by atoms with Gasteiger partial charge >= 0.3 is 6.18 Å². The summed E-state index contributed by atoms with van der Waals surface area (Å²) in [6.45, 7) is 0.566. The second-order valence-electron chi connectivity index (χ2n) is 5.85. The van der Waals surface area contributed by atoms with Crippen LogP contribution in [-0.4, -0.2) is 18.6 Å². The average molecular weight is 336 g/mol. The number of hydrogen-bond acceptors (Lipinski definition) is 3. The Labute approximate surface area is 139 Å². The molecule has 0 bridgehead atoms.